The van der Waals surface area contributed by atoms with Crippen molar-refractivity contribution in [1.29, 1.82) is 0 Å². The average molecular weight is 539 g/mol. The van der Waals surface area contributed by atoms with Gasteiger partial charge in [0.2, 0.25) is 11.8 Å². The predicted molar refractivity (Wildman–Crippen MR) is 144 cm³/mol. The van der Waals surface area contributed by atoms with E-state index < -0.39 is 23.6 Å². The van der Waals surface area contributed by atoms with Crippen molar-refractivity contribution in [2.24, 2.45) is 5.92 Å². The van der Waals surface area contributed by atoms with Crippen molar-refractivity contribution in [1.82, 2.24) is 10.2 Å². The summed E-state index contributed by atoms with van der Waals surface area (Å²) in [5.41, 5.74) is 1.55. The van der Waals surface area contributed by atoms with Crippen molar-refractivity contribution in [2.75, 3.05) is 30.3 Å². The second-order valence-corrected chi connectivity index (χ2v) is 10.4. The normalized spacial score (nSPS) is 14.9. The van der Waals surface area contributed by atoms with Gasteiger partial charge in [0.15, 0.2) is 0 Å². The third-order valence-electron chi connectivity index (χ3n) is 6.12. The summed E-state index contributed by atoms with van der Waals surface area (Å²) in [4.78, 5) is 62.3. The minimum Gasteiger partial charge on any atom is -0.478 e. The second-order valence-electron chi connectivity index (χ2n) is 10.4. The molecule has 1 aliphatic rings. The van der Waals surface area contributed by atoms with E-state index in [1.807, 2.05) is 0 Å². The molecule has 0 aromatic heterocycles. The van der Waals surface area contributed by atoms with Gasteiger partial charge in [0, 0.05) is 24.5 Å². The first-order valence-electron chi connectivity index (χ1n) is 12.6. The Balaban J connectivity index is 1.46. The van der Waals surface area contributed by atoms with Gasteiger partial charge in [-0.05, 0) is 69.5 Å². The third kappa shape index (κ3) is 8.56. The van der Waals surface area contributed by atoms with Crippen LogP contribution in [0.4, 0.5) is 16.2 Å². The van der Waals surface area contributed by atoms with E-state index >= 15 is 0 Å². The molecule has 0 spiro atoms. The van der Waals surface area contributed by atoms with Crippen molar-refractivity contribution in [3.63, 3.8) is 0 Å². The van der Waals surface area contributed by atoms with E-state index in [4.69, 9.17) is 4.74 Å². The number of carbonyl (C=O) groups is 5. The van der Waals surface area contributed by atoms with E-state index in [0.29, 0.717) is 29.9 Å². The van der Waals surface area contributed by atoms with Crippen LogP contribution in [0.15, 0.2) is 42.5 Å². The van der Waals surface area contributed by atoms with Crippen LogP contribution in [-0.2, 0) is 25.5 Å². The topological polar surface area (TPSA) is 154 Å². The molecule has 1 saturated heterocycles. The number of carbonyl (C=O) groups excluding carboxylic acids is 4. The number of rotatable bonds is 8. The lowest BCUT2D eigenvalue weighted by molar-refractivity contribution is -0.154. The van der Waals surface area contributed by atoms with Gasteiger partial charge in [0.25, 0.3) is 0 Å². The minimum absolute atomic E-state index is 0.104. The fourth-order valence-corrected chi connectivity index (χ4v) is 4.16. The monoisotopic (exact) mass is 538 g/mol. The molecule has 1 aliphatic heterocycles. The molecule has 3 rings (SSSR count). The zero-order valence-electron chi connectivity index (χ0n) is 22.5. The maximum atomic E-state index is 12.8. The number of ether oxygens (including phenoxy) is 1. The SMILES string of the molecule is Cc1c(NC(=O)Nc2ccc(CC(=O)N3CC[C@H](C(=O)NCC(=O)OC(C)(C)C)C3)cc2)cccc1C(=O)O. The fourth-order valence-electron chi connectivity index (χ4n) is 4.16. The first-order chi connectivity index (χ1) is 18.3. The molecule has 1 heterocycles. The van der Waals surface area contributed by atoms with Crippen LogP contribution in [0.2, 0.25) is 0 Å². The number of benzene rings is 2. The number of amides is 4. The molecule has 2 aromatic rings. The number of nitrogens with zero attached hydrogens (tertiary/aromatic N) is 1. The Morgan fingerprint density at radius 2 is 1.72 bits per heavy atom. The zero-order chi connectivity index (χ0) is 28.7. The molecule has 4 amide bonds. The van der Waals surface area contributed by atoms with Gasteiger partial charge in [-0.1, -0.05) is 18.2 Å². The summed E-state index contributed by atoms with van der Waals surface area (Å²) < 4.78 is 5.19. The molecule has 4 N–H and O–H groups in total. The number of esters is 1. The Morgan fingerprint density at radius 3 is 2.36 bits per heavy atom. The summed E-state index contributed by atoms with van der Waals surface area (Å²) in [5.74, 6) is -2.38. The highest BCUT2D eigenvalue weighted by Gasteiger charge is 2.31. The molecule has 208 valence electrons. The first-order valence-corrected chi connectivity index (χ1v) is 12.6. The molecule has 1 fully saturated rings. The molecule has 0 unspecified atom stereocenters. The smallest absolute Gasteiger partial charge is 0.336 e. The van der Waals surface area contributed by atoms with Gasteiger partial charge >= 0.3 is 18.0 Å². The molecule has 0 radical (unpaired) electrons. The molecule has 0 bridgehead atoms. The highest BCUT2D eigenvalue weighted by atomic mass is 16.6. The van der Waals surface area contributed by atoms with E-state index in [1.165, 1.54) is 6.07 Å². The lowest BCUT2D eigenvalue weighted by Crippen LogP contribution is -2.39. The van der Waals surface area contributed by atoms with E-state index in [-0.39, 0.29) is 42.8 Å². The molecular weight excluding hydrogens is 504 g/mol. The van der Waals surface area contributed by atoms with Crippen LogP contribution in [0.5, 0.6) is 0 Å². The standard InChI is InChI=1S/C28H34N4O7/c1-17-21(26(36)37)6-5-7-22(17)31-27(38)30-20-10-8-18(9-11-20)14-23(33)32-13-12-19(16-32)25(35)29-15-24(34)39-28(2,3)4/h5-11,19H,12-16H2,1-4H3,(H,29,35)(H,36,37)(H2,30,31,38)/t19-/m0/s1. The summed E-state index contributed by atoms with van der Waals surface area (Å²) in [5, 5.41) is 17.1. The van der Waals surface area contributed by atoms with Gasteiger partial charge in [-0.15, -0.1) is 0 Å². The quantitative estimate of drug-likeness (QED) is 0.376. The number of urea groups is 1. The number of carboxylic acids is 1. The maximum Gasteiger partial charge on any atom is 0.336 e. The number of nitrogens with one attached hydrogen (secondary N) is 3. The lowest BCUT2D eigenvalue weighted by atomic mass is 10.1. The van der Waals surface area contributed by atoms with Crippen LogP contribution in [0.3, 0.4) is 0 Å². The van der Waals surface area contributed by atoms with Gasteiger partial charge in [-0.25, -0.2) is 9.59 Å². The van der Waals surface area contributed by atoms with E-state index in [0.717, 1.165) is 5.56 Å². The summed E-state index contributed by atoms with van der Waals surface area (Å²) in [6, 6.07) is 10.9. The fraction of sp³-hybridized carbons (Fsp3) is 0.393. The number of carboxylic acid groups (broad SMARTS) is 1. The number of anilines is 2. The van der Waals surface area contributed by atoms with Crippen molar-refractivity contribution in [2.45, 2.75) is 46.1 Å². The van der Waals surface area contributed by atoms with Crippen molar-refractivity contribution >= 4 is 41.2 Å². The predicted octanol–water partition coefficient (Wildman–Crippen LogP) is 3.19. The summed E-state index contributed by atoms with van der Waals surface area (Å²) in [7, 11) is 0. The zero-order valence-corrected chi connectivity index (χ0v) is 22.5. The number of hydrogen-bond acceptors (Lipinski definition) is 6. The number of likely N-dealkylation sites (tertiary alicyclic amines) is 1. The highest BCUT2D eigenvalue weighted by Crippen LogP contribution is 2.21. The number of aromatic carboxylic acids is 1. The summed E-state index contributed by atoms with van der Waals surface area (Å²) >= 11 is 0. The Labute approximate surface area is 226 Å². The Kier molecular flexibility index (Phi) is 9.29. The summed E-state index contributed by atoms with van der Waals surface area (Å²) in [6.07, 6.45) is 0.651. The van der Waals surface area contributed by atoms with Crippen LogP contribution in [0.1, 0.15) is 48.7 Å². The molecule has 0 aliphatic carbocycles. The van der Waals surface area contributed by atoms with Crippen molar-refractivity contribution < 1.29 is 33.8 Å². The molecule has 11 nitrogen and oxygen atoms in total. The Morgan fingerprint density at radius 1 is 1.03 bits per heavy atom. The molecule has 11 heteroatoms. The molecule has 1 atom stereocenters. The van der Waals surface area contributed by atoms with Gasteiger partial charge < -0.3 is 30.7 Å². The van der Waals surface area contributed by atoms with Gasteiger partial charge in [0.1, 0.15) is 12.1 Å². The third-order valence-corrected chi connectivity index (χ3v) is 6.12. The second kappa shape index (κ2) is 12.4. The lowest BCUT2D eigenvalue weighted by Gasteiger charge is -2.20. The molecule has 0 saturated carbocycles. The van der Waals surface area contributed by atoms with Crippen molar-refractivity contribution in [3.05, 3.63) is 59.2 Å². The van der Waals surface area contributed by atoms with Crippen LogP contribution in [0.25, 0.3) is 0 Å². The molecular formula is C28H34N4O7. The maximum absolute atomic E-state index is 12.8. The largest absolute Gasteiger partial charge is 0.478 e. The van der Waals surface area contributed by atoms with Gasteiger partial charge in [0.05, 0.1) is 17.9 Å². The number of hydrogen-bond donors (Lipinski definition) is 4. The van der Waals surface area contributed by atoms with Crippen LogP contribution in [-0.4, -0.2) is 65.0 Å². The molecule has 39 heavy (non-hydrogen) atoms. The van der Waals surface area contributed by atoms with Gasteiger partial charge in [-0.3, -0.25) is 14.4 Å². The Bertz CT molecular complexity index is 1250. The van der Waals surface area contributed by atoms with Crippen LogP contribution in [0, 0.1) is 12.8 Å². The van der Waals surface area contributed by atoms with E-state index in [2.05, 4.69) is 16.0 Å². The summed E-state index contributed by atoms with van der Waals surface area (Å²) in [6.45, 7) is 7.38. The van der Waals surface area contributed by atoms with Crippen molar-refractivity contribution in [3.8, 4) is 0 Å². The minimum atomic E-state index is -1.08. The van der Waals surface area contributed by atoms with Gasteiger partial charge in [-0.2, -0.15) is 0 Å². The van der Waals surface area contributed by atoms with Crippen LogP contribution < -0.4 is 16.0 Å². The molecule has 2 aromatic carbocycles. The van der Waals surface area contributed by atoms with E-state index in [9.17, 15) is 29.1 Å². The average Bonchev–Trinajstić information content (AvgIpc) is 3.34. The highest BCUT2D eigenvalue weighted by molar-refractivity contribution is 6.01. The first kappa shape index (κ1) is 29.2. The Hall–Kier alpha value is -4.41. The van der Waals surface area contributed by atoms with E-state index in [1.54, 1.807) is 69.0 Å². The van der Waals surface area contributed by atoms with Crippen LogP contribution >= 0.6 is 0 Å².